The maximum Gasteiger partial charge on any atom is 0.227 e. The third kappa shape index (κ3) is 4.70. The van der Waals surface area contributed by atoms with E-state index in [4.69, 9.17) is 4.52 Å². The minimum Gasteiger partial charge on any atom is -0.341 e. The van der Waals surface area contributed by atoms with Crippen LogP contribution < -0.4 is 0 Å². The predicted octanol–water partition coefficient (Wildman–Crippen LogP) is 3.44. The first kappa shape index (κ1) is 18.1. The molecule has 1 aromatic carbocycles. The first-order chi connectivity index (χ1) is 12.7. The van der Waals surface area contributed by atoms with Gasteiger partial charge in [0.25, 0.3) is 0 Å². The van der Waals surface area contributed by atoms with E-state index in [2.05, 4.69) is 27.3 Å². The minimum atomic E-state index is 0.0385. The number of benzene rings is 1. The van der Waals surface area contributed by atoms with Crippen molar-refractivity contribution in [2.45, 2.75) is 24.3 Å². The summed E-state index contributed by atoms with van der Waals surface area (Å²) in [7, 11) is 1.80. The van der Waals surface area contributed by atoms with Gasteiger partial charge < -0.3 is 9.42 Å². The molecule has 134 valence electrons. The van der Waals surface area contributed by atoms with Gasteiger partial charge >= 0.3 is 0 Å². The highest BCUT2D eigenvalue weighted by Gasteiger charge is 2.14. The Bertz CT molecular complexity index is 849. The molecular weight excluding hydrogens is 348 g/mol. The molecule has 1 amide bonds. The molecule has 0 atom stereocenters. The van der Waals surface area contributed by atoms with E-state index >= 15 is 0 Å². The standard InChI is InChI=1S/C19H20N4O2S/c1-23(13-14-6-8-15(26-2)9-7-14)18(24)11-10-17-21-19(22-25-17)16-5-3-4-12-20-16/h3-9,12H,10-11,13H2,1-2H3. The molecule has 0 radical (unpaired) electrons. The topological polar surface area (TPSA) is 72.1 Å². The Hall–Kier alpha value is -2.67. The van der Waals surface area contributed by atoms with E-state index in [-0.39, 0.29) is 5.91 Å². The SMILES string of the molecule is CSc1ccc(CN(C)C(=O)CCc2nc(-c3ccccn3)no2)cc1. The summed E-state index contributed by atoms with van der Waals surface area (Å²) in [6.07, 6.45) is 4.45. The van der Waals surface area contributed by atoms with Gasteiger partial charge in [-0.1, -0.05) is 23.4 Å². The Morgan fingerprint density at radius 2 is 2.00 bits per heavy atom. The maximum atomic E-state index is 12.3. The highest BCUT2D eigenvalue weighted by atomic mass is 32.2. The van der Waals surface area contributed by atoms with Crippen LogP contribution in [0.15, 0.2) is 58.1 Å². The zero-order valence-electron chi connectivity index (χ0n) is 14.8. The molecule has 0 saturated carbocycles. The first-order valence-electron chi connectivity index (χ1n) is 8.26. The van der Waals surface area contributed by atoms with Crippen LogP contribution in [0.25, 0.3) is 11.5 Å². The highest BCUT2D eigenvalue weighted by molar-refractivity contribution is 7.98. The van der Waals surface area contributed by atoms with E-state index in [1.807, 2.05) is 36.6 Å². The Kier molecular flexibility index (Phi) is 6.01. The number of carbonyl (C=O) groups is 1. The third-order valence-corrected chi connectivity index (χ3v) is 4.66. The summed E-state index contributed by atoms with van der Waals surface area (Å²) in [5.74, 6) is 0.920. The number of nitrogens with zero attached hydrogens (tertiary/aromatic N) is 4. The molecule has 0 aliphatic rings. The van der Waals surface area contributed by atoms with Crippen LogP contribution in [-0.2, 0) is 17.8 Å². The van der Waals surface area contributed by atoms with E-state index in [0.717, 1.165) is 5.56 Å². The Morgan fingerprint density at radius 3 is 2.69 bits per heavy atom. The lowest BCUT2D eigenvalue weighted by molar-refractivity contribution is -0.130. The van der Waals surface area contributed by atoms with Crippen molar-refractivity contribution in [1.29, 1.82) is 0 Å². The fraction of sp³-hybridized carbons (Fsp3) is 0.263. The smallest absolute Gasteiger partial charge is 0.227 e. The second-order valence-corrected chi connectivity index (χ2v) is 6.70. The van der Waals surface area contributed by atoms with Gasteiger partial charge in [0, 0.05) is 37.5 Å². The number of aryl methyl sites for hydroxylation is 1. The van der Waals surface area contributed by atoms with Crippen molar-refractivity contribution in [3.63, 3.8) is 0 Å². The summed E-state index contributed by atoms with van der Waals surface area (Å²) < 4.78 is 5.22. The molecule has 0 saturated heterocycles. The van der Waals surface area contributed by atoms with Crippen molar-refractivity contribution in [3.05, 3.63) is 60.1 Å². The summed E-state index contributed by atoms with van der Waals surface area (Å²) in [6, 6.07) is 13.7. The summed E-state index contributed by atoms with van der Waals surface area (Å²) >= 11 is 1.70. The van der Waals surface area contributed by atoms with Crippen molar-refractivity contribution in [2.75, 3.05) is 13.3 Å². The van der Waals surface area contributed by atoms with Gasteiger partial charge in [0.05, 0.1) is 0 Å². The van der Waals surface area contributed by atoms with E-state index in [1.54, 1.807) is 29.9 Å². The average molecular weight is 368 g/mol. The predicted molar refractivity (Wildman–Crippen MR) is 101 cm³/mol. The highest BCUT2D eigenvalue weighted by Crippen LogP contribution is 2.16. The van der Waals surface area contributed by atoms with E-state index < -0.39 is 0 Å². The molecule has 7 heteroatoms. The number of hydrogen-bond donors (Lipinski definition) is 0. The number of carbonyl (C=O) groups excluding carboxylic acids is 1. The summed E-state index contributed by atoms with van der Waals surface area (Å²) in [6.45, 7) is 0.580. The Labute approximate surface area is 156 Å². The quantitative estimate of drug-likeness (QED) is 0.595. The normalized spacial score (nSPS) is 10.7. The van der Waals surface area contributed by atoms with Gasteiger partial charge in [0.1, 0.15) is 5.69 Å². The lowest BCUT2D eigenvalue weighted by Crippen LogP contribution is -2.26. The molecule has 2 heterocycles. The molecule has 3 aromatic rings. The minimum absolute atomic E-state index is 0.0385. The van der Waals surface area contributed by atoms with E-state index in [0.29, 0.717) is 36.8 Å². The van der Waals surface area contributed by atoms with Gasteiger partial charge in [-0.25, -0.2) is 0 Å². The largest absolute Gasteiger partial charge is 0.341 e. The van der Waals surface area contributed by atoms with Gasteiger partial charge in [-0.15, -0.1) is 11.8 Å². The lowest BCUT2D eigenvalue weighted by Gasteiger charge is -2.17. The number of amides is 1. The monoisotopic (exact) mass is 368 g/mol. The van der Waals surface area contributed by atoms with Crippen LogP contribution in [0.4, 0.5) is 0 Å². The van der Waals surface area contributed by atoms with Crippen LogP contribution in [0, 0.1) is 0 Å². The molecule has 0 bridgehead atoms. The molecule has 0 aliphatic heterocycles. The van der Waals surface area contributed by atoms with Crippen LogP contribution in [-0.4, -0.2) is 39.2 Å². The van der Waals surface area contributed by atoms with Crippen LogP contribution in [0.1, 0.15) is 17.9 Å². The molecular formula is C19H20N4O2S. The molecule has 0 N–H and O–H groups in total. The number of hydrogen-bond acceptors (Lipinski definition) is 6. The molecule has 2 aromatic heterocycles. The number of pyridine rings is 1. The molecule has 0 spiro atoms. The van der Waals surface area contributed by atoms with Gasteiger partial charge in [-0.2, -0.15) is 4.98 Å². The van der Waals surface area contributed by atoms with Crippen LogP contribution in [0.5, 0.6) is 0 Å². The second-order valence-electron chi connectivity index (χ2n) is 5.82. The Balaban J connectivity index is 1.52. The lowest BCUT2D eigenvalue weighted by atomic mass is 10.2. The fourth-order valence-corrected chi connectivity index (χ4v) is 2.86. The summed E-state index contributed by atoms with van der Waals surface area (Å²) in [4.78, 5) is 23.7. The summed E-state index contributed by atoms with van der Waals surface area (Å²) in [5, 5.41) is 3.92. The van der Waals surface area contributed by atoms with Gasteiger partial charge in [0.2, 0.25) is 17.6 Å². The second kappa shape index (κ2) is 8.62. The number of aromatic nitrogens is 3. The van der Waals surface area contributed by atoms with Crippen molar-refractivity contribution < 1.29 is 9.32 Å². The molecule has 6 nitrogen and oxygen atoms in total. The van der Waals surface area contributed by atoms with Gasteiger partial charge in [-0.05, 0) is 36.1 Å². The van der Waals surface area contributed by atoms with Gasteiger partial charge in [-0.3, -0.25) is 9.78 Å². The van der Waals surface area contributed by atoms with E-state index in [1.165, 1.54) is 4.90 Å². The van der Waals surface area contributed by atoms with Crippen molar-refractivity contribution in [2.24, 2.45) is 0 Å². The van der Waals surface area contributed by atoms with Crippen LogP contribution >= 0.6 is 11.8 Å². The molecule has 3 rings (SSSR count). The average Bonchev–Trinajstić information content (AvgIpc) is 3.16. The fourth-order valence-electron chi connectivity index (χ4n) is 2.45. The molecule has 0 fully saturated rings. The molecule has 0 aliphatic carbocycles. The number of thioether (sulfide) groups is 1. The zero-order chi connectivity index (χ0) is 18.4. The zero-order valence-corrected chi connectivity index (χ0v) is 15.6. The third-order valence-electron chi connectivity index (χ3n) is 3.92. The van der Waals surface area contributed by atoms with Crippen molar-refractivity contribution >= 4 is 17.7 Å². The molecule has 0 unspecified atom stereocenters. The molecule has 26 heavy (non-hydrogen) atoms. The number of rotatable bonds is 7. The van der Waals surface area contributed by atoms with Gasteiger partial charge in [0.15, 0.2) is 0 Å². The van der Waals surface area contributed by atoms with E-state index in [9.17, 15) is 4.79 Å². The first-order valence-corrected chi connectivity index (χ1v) is 9.49. The maximum absolute atomic E-state index is 12.3. The van der Waals surface area contributed by atoms with Crippen molar-refractivity contribution in [1.82, 2.24) is 20.0 Å². The Morgan fingerprint density at radius 1 is 1.19 bits per heavy atom. The summed E-state index contributed by atoms with van der Waals surface area (Å²) in [5.41, 5.74) is 1.76. The van der Waals surface area contributed by atoms with Crippen LogP contribution in [0.3, 0.4) is 0 Å². The van der Waals surface area contributed by atoms with Crippen molar-refractivity contribution in [3.8, 4) is 11.5 Å². The van der Waals surface area contributed by atoms with Crippen LogP contribution in [0.2, 0.25) is 0 Å².